The summed E-state index contributed by atoms with van der Waals surface area (Å²) in [5.74, 6) is 0.257. The van der Waals surface area contributed by atoms with Gasteiger partial charge in [-0.05, 0) is 30.3 Å². The average molecular weight is 219 g/mol. The second kappa shape index (κ2) is 4.22. The standard InChI is InChI=1S/C9H9N5S/c1-6-4-12-9(13-5-6)15-7-2-3-11-8(10)14-7/h2-5H,1H3,(H2,10,11,14). The van der Waals surface area contributed by atoms with Crippen LogP contribution in [0.5, 0.6) is 0 Å². The lowest BCUT2D eigenvalue weighted by Gasteiger charge is -1.99. The number of rotatable bonds is 2. The third kappa shape index (κ3) is 2.63. The molecular formula is C9H9N5S. The molecule has 2 heterocycles. The molecule has 0 aliphatic rings. The minimum atomic E-state index is 0.257. The Hall–Kier alpha value is -1.69. The topological polar surface area (TPSA) is 77.6 Å². The van der Waals surface area contributed by atoms with Gasteiger partial charge in [-0.15, -0.1) is 0 Å². The molecule has 2 aromatic heterocycles. The second-order valence-electron chi connectivity index (χ2n) is 2.90. The number of aryl methyl sites for hydroxylation is 1. The number of hydrogen-bond donors (Lipinski definition) is 1. The van der Waals surface area contributed by atoms with Crippen molar-refractivity contribution in [2.75, 3.05) is 5.73 Å². The van der Waals surface area contributed by atoms with Crippen molar-refractivity contribution in [2.24, 2.45) is 0 Å². The third-order valence-corrected chi connectivity index (χ3v) is 2.43. The predicted octanol–water partition coefficient (Wildman–Crippen LogP) is 1.31. The average Bonchev–Trinajstić information content (AvgIpc) is 2.22. The van der Waals surface area contributed by atoms with Crippen molar-refractivity contribution >= 4 is 17.7 Å². The molecule has 0 saturated heterocycles. The van der Waals surface area contributed by atoms with Crippen molar-refractivity contribution < 1.29 is 0 Å². The Morgan fingerprint density at radius 3 is 2.60 bits per heavy atom. The number of hydrogen-bond acceptors (Lipinski definition) is 6. The first kappa shape index (κ1) is 9.85. The molecule has 0 radical (unpaired) electrons. The SMILES string of the molecule is Cc1cnc(Sc2ccnc(N)n2)nc1. The van der Waals surface area contributed by atoms with Crippen LogP contribution in [0.2, 0.25) is 0 Å². The van der Waals surface area contributed by atoms with E-state index in [4.69, 9.17) is 5.73 Å². The Balaban J connectivity index is 2.18. The Morgan fingerprint density at radius 2 is 1.93 bits per heavy atom. The Labute approximate surface area is 91.2 Å². The van der Waals surface area contributed by atoms with Gasteiger partial charge in [0.1, 0.15) is 5.03 Å². The van der Waals surface area contributed by atoms with Crippen LogP contribution in [-0.2, 0) is 0 Å². The zero-order valence-electron chi connectivity index (χ0n) is 8.08. The maximum atomic E-state index is 5.46. The molecule has 0 aliphatic heterocycles. The number of nitrogens with zero attached hydrogens (tertiary/aromatic N) is 4. The zero-order chi connectivity index (χ0) is 10.7. The minimum absolute atomic E-state index is 0.257. The van der Waals surface area contributed by atoms with Crippen LogP contribution in [-0.4, -0.2) is 19.9 Å². The first-order chi connectivity index (χ1) is 7.24. The summed E-state index contributed by atoms with van der Waals surface area (Å²) < 4.78 is 0. The summed E-state index contributed by atoms with van der Waals surface area (Å²) in [4.78, 5) is 16.2. The summed E-state index contributed by atoms with van der Waals surface area (Å²) in [7, 11) is 0. The van der Waals surface area contributed by atoms with E-state index < -0.39 is 0 Å². The molecule has 0 aliphatic carbocycles. The highest BCUT2D eigenvalue weighted by Crippen LogP contribution is 2.21. The van der Waals surface area contributed by atoms with Gasteiger partial charge in [-0.3, -0.25) is 0 Å². The number of nitrogens with two attached hydrogens (primary N) is 1. The van der Waals surface area contributed by atoms with E-state index in [0.717, 1.165) is 10.6 Å². The number of anilines is 1. The van der Waals surface area contributed by atoms with Gasteiger partial charge >= 0.3 is 0 Å². The molecule has 76 valence electrons. The van der Waals surface area contributed by atoms with Crippen LogP contribution in [0.15, 0.2) is 34.8 Å². The highest BCUT2D eigenvalue weighted by molar-refractivity contribution is 7.99. The van der Waals surface area contributed by atoms with E-state index in [9.17, 15) is 0 Å². The summed E-state index contributed by atoms with van der Waals surface area (Å²) >= 11 is 1.36. The van der Waals surface area contributed by atoms with Gasteiger partial charge in [0.2, 0.25) is 5.95 Å². The van der Waals surface area contributed by atoms with Crippen LogP contribution in [0.3, 0.4) is 0 Å². The van der Waals surface area contributed by atoms with Crippen molar-refractivity contribution in [3.8, 4) is 0 Å². The van der Waals surface area contributed by atoms with Gasteiger partial charge in [-0.25, -0.2) is 19.9 Å². The summed E-state index contributed by atoms with van der Waals surface area (Å²) in [6, 6.07) is 1.77. The molecule has 2 aromatic rings. The molecule has 15 heavy (non-hydrogen) atoms. The molecule has 0 fully saturated rings. The van der Waals surface area contributed by atoms with Crippen LogP contribution in [0, 0.1) is 6.92 Å². The van der Waals surface area contributed by atoms with Crippen molar-refractivity contribution in [3.63, 3.8) is 0 Å². The van der Waals surface area contributed by atoms with Crippen molar-refractivity contribution in [1.29, 1.82) is 0 Å². The lowest BCUT2D eigenvalue weighted by Crippen LogP contribution is -1.95. The summed E-state index contributed by atoms with van der Waals surface area (Å²) in [6.07, 6.45) is 5.14. The molecule has 0 amide bonds. The molecule has 0 saturated carbocycles. The van der Waals surface area contributed by atoms with Gasteiger partial charge in [-0.2, -0.15) is 0 Å². The molecule has 0 atom stereocenters. The minimum Gasteiger partial charge on any atom is -0.368 e. The molecule has 0 bridgehead atoms. The fraction of sp³-hybridized carbons (Fsp3) is 0.111. The lowest BCUT2D eigenvalue weighted by molar-refractivity contribution is 0.942. The Morgan fingerprint density at radius 1 is 1.20 bits per heavy atom. The predicted molar refractivity (Wildman–Crippen MR) is 57.3 cm³/mol. The van der Waals surface area contributed by atoms with Gasteiger partial charge in [0.25, 0.3) is 0 Å². The van der Waals surface area contributed by atoms with E-state index in [-0.39, 0.29) is 5.95 Å². The van der Waals surface area contributed by atoms with E-state index in [0.29, 0.717) is 5.16 Å². The highest BCUT2D eigenvalue weighted by Gasteiger charge is 2.01. The van der Waals surface area contributed by atoms with Crippen molar-refractivity contribution in [2.45, 2.75) is 17.1 Å². The lowest BCUT2D eigenvalue weighted by atomic mass is 10.4. The van der Waals surface area contributed by atoms with E-state index in [1.54, 1.807) is 24.7 Å². The molecule has 2 N–H and O–H groups in total. The second-order valence-corrected chi connectivity index (χ2v) is 3.89. The van der Waals surface area contributed by atoms with Crippen molar-refractivity contribution in [3.05, 3.63) is 30.2 Å². The Bertz CT molecular complexity index is 456. The van der Waals surface area contributed by atoms with E-state index in [1.165, 1.54) is 11.8 Å². The summed E-state index contributed by atoms with van der Waals surface area (Å²) in [6.45, 7) is 1.94. The molecular weight excluding hydrogens is 210 g/mol. The fourth-order valence-electron chi connectivity index (χ4n) is 0.940. The van der Waals surface area contributed by atoms with Crippen LogP contribution >= 0.6 is 11.8 Å². The third-order valence-electron chi connectivity index (χ3n) is 1.60. The van der Waals surface area contributed by atoms with Crippen LogP contribution < -0.4 is 5.73 Å². The van der Waals surface area contributed by atoms with E-state index in [2.05, 4.69) is 19.9 Å². The van der Waals surface area contributed by atoms with Gasteiger partial charge in [0.05, 0.1) is 0 Å². The first-order valence-corrected chi connectivity index (χ1v) is 5.11. The number of aromatic nitrogens is 4. The van der Waals surface area contributed by atoms with Gasteiger partial charge in [0.15, 0.2) is 5.16 Å². The van der Waals surface area contributed by atoms with Crippen LogP contribution in [0.1, 0.15) is 5.56 Å². The largest absolute Gasteiger partial charge is 0.368 e. The van der Waals surface area contributed by atoms with Gasteiger partial charge in [0, 0.05) is 18.6 Å². The van der Waals surface area contributed by atoms with Crippen molar-refractivity contribution in [1.82, 2.24) is 19.9 Å². The maximum Gasteiger partial charge on any atom is 0.221 e. The zero-order valence-corrected chi connectivity index (χ0v) is 8.90. The molecule has 5 nitrogen and oxygen atoms in total. The number of nitrogen functional groups attached to an aromatic ring is 1. The van der Waals surface area contributed by atoms with E-state index in [1.807, 2.05) is 6.92 Å². The highest BCUT2D eigenvalue weighted by atomic mass is 32.2. The molecule has 0 spiro atoms. The molecule has 0 unspecified atom stereocenters. The van der Waals surface area contributed by atoms with Gasteiger partial charge in [-0.1, -0.05) is 0 Å². The van der Waals surface area contributed by atoms with Crippen LogP contribution in [0.25, 0.3) is 0 Å². The van der Waals surface area contributed by atoms with Crippen LogP contribution in [0.4, 0.5) is 5.95 Å². The van der Waals surface area contributed by atoms with E-state index >= 15 is 0 Å². The van der Waals surface area contributed by atoms with Gasteiger partial charge < -0.3 is 5.73 Å². The monoisotopic (exact) mass is 219 g/mol. The normalized spacial score (nSPS) is 10.2. The quantitative estimate of drug-likeness (QED) is 0.606. The fourth-order valence-corrected chi connectivity index (χ4v) is 1.61. The molecule has 0 aromatic carbocycles. The Kier molecular flexibility index (Phi) is 2.77. The summed E-state index contributed by atoms with van der Waals surface area (Å²) in [5, 5.41) is 1.39. The maximum absolute atomic E-state index is 5.46. The first-order valence-electron chi connectivity index (χ1n) is 4.29. The smallest absolute Gasteiger partial charge is 0.221 e. The molecule has 6 heteroatoms. The molecule has 2 rings (SSSR count). The summed E-state index contributed by atoms with van der Waals surface area (Å²) in [5.41, 5.74) is 6.49.